The van der Waals surface area contributed by atoms with Gasteiger partial charge in [0.2, 0.25) is 5.60 Å². The first-order valence-corrected chi connectivity index (χ1v) is 22.0. The molecule has 17 heteroatoms. The maximum atomic E-state index is 14.3. The molecule has 0 bridgehead atoms. The summed E-state index contributed by atoms with van der Waals surface area (Å²) in [6.45, 7) is 1.69. The summed E-state index contributed by atoms with van der Waals surface area (Å²) < 4.78 is 27.4. The van der Waals surface area contributed by atoms with Gasteiger partial charge in [-0.3, -0.25) is 19.3 Å². The van der Waals surface area contributed by atoms with Gasteiger partial charge in [-0.2, -0.15) is 0 Å². The third-order valence-corrected chi connectivity index (χ3v) is 14.1. The molecule has 0 saturated carbocycles. The number of carbonyl (C=O) groups is 4. The third-order valence-electron chi connectivity index (χ3n) is 10.3. The first-order valence-electron chi connectivity index (χ1n) is 18.6. The molecule has 4 N–H and O–H groups in total. The number of nitrogens with two attached hydrogens (primary N) is 1. The van der Waals surface area contributed by atoms with Gasteiger partial charge >= 0.3 is 5.97 Å². The highest BCUT2D eigenvalue weighted by molar-refractivity contribution is 8.00. The van der Waals surface area contributed by atoms with Crippen LogP contribution >= 0.6 is 23.1 Å². The van der Waals surface area contributed by atoms with Crippen molar-refractivity contribution in [3.63, 3.8) is 0 Å². The second-order valence-corrected chi connectivity index (χ2v) is 17.9. The molecular formula is C43H36N6O8S3. The Kier molecular flexibility index (Phi) is 10.9. The Hall–Kier alpha value is -6.56. The predicted molar refractivity (Wildman–Crippen MR) is 226 cm³/mol. The maximum Gasteiger partial charge on any atom is 0.352 e. The average Bonchev–Trinajstić information content (AvgIpc) is 3.86. The number of aromatic nitrogens is 1. The monoisotopic (exact) mass is 860 g/mol. The van der Waals surface area contributed by atoms with E-state index in [4.69, 9.17) is 10.6 Å². The van der Waals surface area contributed by atoms with Crippen LogP contribution in [0.4, 0.5) is 5.13 Å². The maximum absolute atomic E-state index is 14.3. The number of nitrogen functional groups attached to an aromatic ring is 1. The van der Waals surface area contributed by atoms with E-state index in [0.29, 0.717) is 16.7 Å². The number of aliphatic carboxylic acids is 1. The van der Waals surface area contributed by atoms with Crippen LogP contribution in [-0.4, -0.2) is 80.8 Å². The number of anilines is 1. The van der Waals surface area contributed by atoms with Gasteiger partial charge in [0, 0.05) is 39.9 Å². The van der Waals surface area contributed by atoms with E-state index in [1.807, 2.05) is 97.9 Å². The van der Waals surface area contributed by atoms with Crippen molar-refractivity contribution in [2.45, 2.75) is 35.3 Å². The number of allylic oxidation sites excluding steroid dienone is 1. The van der Waals surface area contributed by atoms with Crippen molar-refractivity contribution in [2.75, 3.05) is 18.0 Å². The van der Waals surface area contributed by atoms with E-state index < -0.39 is 50.7 Å². The molecule has 0 spiro atoms. The van der Waals surface area contributed by atoms with Crippen molar-refractivity contribution in [3.05, 3.63) is 172 Å². The predicted octanol–water partition coefficient (Wildman–Crippen LogP) is 5.03. The van der Waals surface area contributed by atoms with Crippen molar-refractivity contribution in [3.8, 4) is 0 Å². The van der Waals surface area contributed by atoms with Gasteiger partial charge in [0.1, 0.15) is 22.8 Å². The van der Waals surface area contributed by atoms with Gasteiger partial charge in [0.25, 0.3) is 27.7 Å². The quantitative estimate of drug-likeness (QED) is 0.0500. The van der Waals surface area contributed by atoms with E-state index in [1.165, 1.54) is 30.0 Å². The van der Waals surface area contributed by atoms with E-state index in [2.05, 4.69) is 15.5 Å². The molecule has 2 saturated heterocycles. The van der Waals surface area contributed by atoms with Crippen molar-refractivity contribution >= 4 is 67.7 Å². The number of hydrogen-bond acceptors (Lipinski definition) is 12. The standard InChI is InChI=1S/C43H36N6O8S3/c1-26-17-19-32(20-18-26)60(55,56)48-22-21-27(38(48)51)23-28-24-58-40-35(39(52)49(40)36(28)41(53)54)46-37(50)34(33-25-59-42(44)45-33)47-57-43(29-11-5-2-6-12-29,30-13-7-3-8-14-30)31-15-9-4-10-16-31/h2-20,23,25,35,40H,21-22,24H2,1H3,(H2,44,45)(H,46,50)(H,53,54)/b27-23+,47-34-/t35-,40-/m1/s1. The molecule has 4 heterocycles. The highest BCUT2D eigenvalue weighted by atomic mass is 32.2. The van der Waals surface area contributed by atoms with Gasteiger partial charge in [-0.25, -0.2) is 22.5 Å². The molecule has 3 amide bonds. The number of hydrogen-bond donors (Lipinski definition) is 3. The van der Waals surface area contributed by atoms with Crippen LogP contribution in [0.3, 0.4) is 0 Å². The number of nitrogens with zero attached hydrogens (tertiary/aromatic N) is 4. The largest absolute Gasteiger partial charge is 0.477 e. The number of carboxylic acid groups (broad SMARTS) is 1. The van der Waals surface area contributed by atoms with Crippen molar-refractivity contribution in [1.82, 2.24) is 19.5 Å². The Balaban J connectivity index is 1.08. The Morgan fingerprint density at radius 3 is 2.05 bits per heavy atom. The number of oxime groups is 1. The molecule has 1 aromatic heterocycles. The zero-order chi connectivity index (χ0) is 42.2. The molecule has 3 aliphatic rings. The van der Waals surface area contributed by atoms with Crippen LogP contribution in [0.2, 0.25) is 0 Å². The van der Waals surface area contributed by atoms with Crippen LogP contribution in [0.25, 0.3) is 0 Å². The molecule has 8 rings (SSSR count). The number of thioether (sulfide) groups is 1. The van der Waals surface area contributed by atoms with Crippen molar-refractivity contribution in [2.24, 2.45) is 5.16 Å². The molecule has 304 valence electrons. The Morgan fingerprint density at radius 1 is 0.933 bits per heavy atom. The summed E-state index contributed by atoms with van der Waals surface area (Å²) in [6, 6.07) is 33.1. The highest BCUT2D eigenvalue weighted by Crippen LogP contribution is 2.43. The van der Waals surface area contributed by atoms with Crippen LogP contribution in [0, 0.1) is 6.92 Å². The van der Waals surface area contributed by atoms with Gasteiger partial charge in [-0.1, -0.05) is 114 Å². The molecule has 5 aromatic rings. The lowest BCUT2D eigenvalue weighted by atomic mass is 9.80. The lowest BCUT2D eigenvalue weighted by Crippen LogP contribution is -2.71. The second-order valence-electron chi connectivity index (χ2n) is 14.0. The fraction of sp³-hybridized carbons (Fsp3) is 0.163. The highest BCUT2D eigenvalue weighted by Gasteiger charge is 2.54. The molecule has 0 radical (unpaired) electrons. The lowest BCUT2D eigenvalue weighted by molar-refractivity contribution is -0.150. The topological polar surface area (TPSA) is 202 Å². The summed E-state index contributed by atoms with van der Waals surface area (Å²) in [7, 11) is -4.15. The smallest absolute Gasteiger partial charge is 0.352 e. The Bertz CT molecular complexity index is 2610. The molecule has 60 heavy (non-hydrogen) atoms. The second kappa shape index (κ2) is 16.2. The zero-order valence-corrected chi connectivity index (χ0v) is 34.2. The number of nitrogens with one attached hydrogen (secondary N) is 1. The summed E-state index contributed by atoms with van der Waals surface area (Å²) in [6.07, 6.45) is 1.40. The van der Waals surface area contributed by atoms with E-state index in [-0.39, 0.29) is 57.0 Å². The molecular weight excluding hydrogens is 825 g/mol. The van der Waals surface area contributed by atoms with Crippen molar-refractivity contribution < 1.29 is 37.5 Å². The number of rotatable bonds is 12. The number of fused-ring (bicyclic) bond motifs is 1. The van der Waals surface area contributed by atoms with E-state index in [0.717, 1.165) is 26.1 Å². The van der Waals surface area contributed by atoms with E-state index >= 15 is 0 Å². The number of aryl methyl sites for hydroxylation is 1. The minimum absolute atomic E-state index is 0.0376. The van der Waals surface area contributed by atoms with Gasteiger partial charge in [-0.15, -0.1) is 23.1 Å². The first-order chi connectivity index (χ1) is 28.9. The van der Waals surface area contributed by atoms with Crippen LogP contribution in [0.15, 0.2) is 154 Å². The number of carbonyl (C=O) groups excluding carboxylic acids is 3. The number of amides is 3. The molecule has 3 aliphatic heterocycles. The fourth-order valence-electron chi connectivity index (χ4n) is 7.36. The van der Waals surface area contributed by atoms with E-state index in [9.17, 15) is 32.7 Å². The number of sulfonamides is 1. The Labute approximate surface area is 353 Å². The summed E-state index contributed by atoms with van der Waals surface area (Å²) in [4.78, 5) is 66.1. The molecule has 14 nitrogen and oxygen atoms in total. The summed E-state index contributed by atoms with van der Waals surface area (Å²) in [5, 5.41) is 18.4. The van der Waals surface area contributed by atoms with Gasteiger partial charge in [0.05, 0.1) is 4.90 Å². The molecule has 0 aliphatic carbocycles. The number of benzene rings is 4. The Morgan fingerprint density at radius 2 is 1.52 bits per heavy atom. The molecule has 4 aromatic carbocycles. The molecule has 2 fully saturated rings. The SMILES string of the molecule is Cc1ccc(S(=O)(=O)N2CC/C(=C\C3=C(C(=O)O)N4C(=O)[C@@H](NC(=O)/C(=N\OC(c5ccccc5)(c5ccccc5)c5ccccc5)c5csc(N)n5)[C@H]4SC3)C2=O)cc1. The summed E-state index contributed by atoms with van der Waals surface area (Å²) in [5.74, 6) is -3.67. The summed E-state index contributed by atoms with van der Waals surface area (Å²) >= 11 is 2.26. The molecule has 0 unspecified atom stereocenters. The number of β-lactam (4-membered cyclic amide) rings is 1. The third kappa shape index (κ3) is 7.24. The van der Waals surface area contributed by atoms with Gasteiger partial charge < -0.3 is 21.0 Å². The number of carboxylic acids is 1. The zero-order valence-electron chi connectivity index (χ0n) is 31.8. The molecule has 2 atom stereocenters. The van der Waals surface area contributed by atoms with Crippen molar-refractivity contribution in [1.29, 1.82) is 0 Å². The number of thiazole rings is 1. The fourth-order valence-corrected chi connectivity index (χ4v) is 10.6. The van der Waals surface area contributed by atoms with Crippen LogP contribution in [0.5, 0.6) is 0 Å². The average molecular weight is 861 g/mol. The lowest BCUT2D eigenvalue weighted by Gasteiger charge is -2.49. The summed E-state index contributed by atoms with van der Waals surface area (Å²) in [5.41, 5.74) is 7.35. The normalized spacial score (nSPS) is 18.9. The van der Waals surface area contributed by atoms with Gasteiger partial charge in [0.15, 0.2) is 10.8 Å². The van der Waals surface area contributed by atoms with Crippen LogP contribution in [-0.2, 0) is 39.6 Å². The first kappa shape index (κ1) is 40.2. The minimum atomic E-state index is -4.15. The van der Waals surface area contributed by atoms with Crippen LogP contribution < -0.4 is 11.1 Å². The minimum Gasteiger partial charge on any atom is -0.477 e. The van der Waals surface area contributed by atoms with E-state index in [1.54, 1.807) is 17.5 Å². The van der Waals surface area contributed by atoms with Crippen LogP contribution in [0.1, 0.15) is 34.4 Å². The van der Waals surface area contributed by atoms with Gasteiger partial charge in [-0.05, 0) is 37.1 Å².